The SMILES string of the molecule is CCOC(=O)CCCn1cc(C(=O)OCC)c(C(=O)c2ccc(N)cc2)c1. The summed E-state index contributed by atoms with van der Waals surface area (Å²) in [4.78, 5) is 36.5. The van der Waals surface area contributed by atoms with Crippen molar-refractivity contribution >= 4 is 23.4 Å². The number of benzene rings is 1. The monoisotopic (exact) mass is 372 g/mol. The van der Waals surface area contributed by atoms with Crippen LogP contribution in [0, 0.1) is 0 Å². The minimum atomic E-state index is -0.555. The summed E-state index contributed by atoms with van der Waals surface area (Å²) in [5, 5.41) is 0. The van der Waals surface area contributed by atoms with Gasteiger partial charge in [-0.05, 0) is 44.5 Å². The molecule has 2 N–H and O–H groups in total. The van der Waals surface area contributed by atoms with E-state index >= 15 is 0 Å². The van der Waals surface area contributed by atoms with Gasteiger partial charge in [0.25, 0.3) is 0 Å². The number of hydrogen-bond acceptors (Lipinski definition) is 6. The number of ether oxygens (including phenoxy) is 2. The van der Waals surface area contributed by atoms with Gasteiger partial charge in [0.1, 0.15) is 0 Å². The molecule has 1 aromatic heterocycles. The van der Waals surface area contributed by atoms with Gasteiger partial charge in [-0.3, -0.25) is 9.59 Å². The first-order valence-corrected chi connectivity index (χ1v) is 8.89. The molecule has 0 aliphatic rings. The van der Waals surface area contributed by atoms with Crippen molar-refractivity contribution in [2.75, 3.05) is 18.9 Å². The quantitative estimate of drug-likeness (QED) is 0.413. The van der Waals surface area contributed by atoms with Crippen molar-refractivity contribution in [1.29, 1.82) is 0 Å². The highest BCUT2D eigenvalue weighted by Gasteiger charge is 2.22. The molecule has 0 atom stereocenters. The van der Waals surface area contributed by atoms with E-state index in [4.69, 9.17) is 15.2 Å². The fraction of sp³-hybridized carbons (Fsp3) is 0.350. The van der Waals surface area contributed by atoms with E-state index in [0.717, 1.165) is 0 Å². The van der Waals surface area contributed by atoms with Crippen LogP contribution in [-0.4, -0.2) is 35.5 Å². The zero-order chi connectivity index (χ0) is 19.8. The number of aryl methyl sites for hydroxylation is 1. The van der Waals surface area contributed by atoms with Crippen molar-refractivity contribution in [3.8, 4) is 0 Å². The molecule has 27 heavy (non-hydrogen) atoms. The molecule has 0 spiro atoms. The maximum absolute atomic E-state index is 12.8. The van der Waals surface area contributed by atoms with Crippen LogP contribution in [0.5, 0.6) is 0 Å². The number of aromatic nitrogens is 1. The number of rotatable bonds is 9. The van der Waals surface area contributed by atoms with E-state index in [9.17, 15) is 14.4 Å². The van der Waals surface area contributed by atoms with E-state index in [1.54, 1.807) is 55.1 Å². The first-order chi connectivity index (χ1) is 13.0. The fourth-order valence-electron chi connectivity index (χ4n) is 2.62. The zero-order valence-corrected chi connectivity index (χ0v) is 15.6. The van der Waals surface area contributed by atoms with Gasteiger partial charge in [-0.15, -0.1) is 0 Å². The maximum Gasteiger partial charge on any atom is 0.340 e. The number of nitrogens with zero attached hydrogens (tertiary/aromatic N) is 1. The molecule has 144 valence electrons. The summed E-state index contributed by atoms with van der Waals surface area (Å²) in [5.41, 5.74) is 7.10. The predicted octanol–water partition coefficient (Wildman–Crippen LogP) is 2.82. The first kappa shape index (κ1) is 20.2. The molecule has 2 aromatic rings. The Balaban J connectivity index is 2.22. The Bertz CT molecular complexity index is 808. The molecular formula is C20H24N2O5. The number of ketones is 1. The van der Waals surface area contributed by atoms with Crippen molar-refractivity contribution in [3.05, 3.63) is 53.3 Å². The lowest BCUT2D eigenvalue weighted by molar-refractivity contribution is -0.143. The highest BCUT2D eigenvalue weighted by Crippen LogP contribution is 2.19. The van der Waals surface area contributed by atoms with Gasteiger partial charge in [-0.25, -0.2) is 4.79 Å². The van der Waals surface area contributed by atoms with Crippen LogP contribution in [0.4, 0.5) is 5.69 Å². The first-order valence-electron chi connectivity index (χ1n) is 8.89. The largest absolute Gasteiger partial charge is 0.466 e. The summed E-state index contributed by atoms with van der Waals surface area (Å²) < 4.78 is 11.7. The molecule has 1 heterocycles. The van der Waals surface area contributed by atoms with E-state index in [1.165, 1.54) is 0 Å². The molecule has 0 saturated heterocycles. The summed E-state index contributed by atoms with van der Waals surface area (Å²) in [7, 11) is 0. The van der Waals surface area contributed by atoms with Gasteiger partial charge in [-0.1, -0.05) is 0 Å². The molecule has 0 saturated carbocycles. The number of anilines is 1. The highest BCUT2D eigenvalue weighted by atomic mass is 16.5. The van der Waals surface area contributed by atoms with Gasteiger partial charge in [0.15, 0.2) is 5.78 Å². The lowest BCUT2D eigenvalue weighted by Gasteiger charge is -2.03. The van der Waals surface area contributed by atoms with Crippen LogP contribution in [0.2, 0.25) is 0 Å². The minimum absolute atomic E-state index is 0.204. The van der Waals surface area contributed by atoms with Gasteiger partial charge in [0.05, 0.1) is 24.3 Å². The average Bonchev–Trinajstić information content (AvgIpc) is 3.06. The molecule has 0 unspecified atom stereocenters. The molecule has 2 rings (SSSR count). The molecule has 0 aliphatic heterocycles. The average molecular weight is 372 g/mol. The van der Waals surface area contributed by atoms with Crippen LogP contribution in [0.1, 0.15) is 53.0 Å². The molecule has 7 nitrogen and oxygen atoms in total. The second kappa shape index (κ2) is 9.56. The molecular weight excluding hydrogens is 348 g/mol. The summed E-state index contributed by atoms with van der Waals surface area (Å²) in [6, 6.07) is 6.50. The standard InChI is InChI=1S/C20H24N2O5/c1-3-26-18(23)6-5-11-22-12-16(17(13-22)20(25)27-4-2)19(24)14-7-9-15(21)10-8-14/h7-10,12-13H,3-6,11,21H2,1-2H3. The molecule has 0 radical (unpaired) electrons. The van der Waals surface area contributed by atoms with Crippen LogP contribution in [0.25, 0.3) is 0 Å². The Labute approximate surface area is 158 Å². The van der Waals surface area contributed by atoms with Crippen molar-refractivity contribution in [2.24, 2.45) is 0 Å². The number of nitrogen functional groups attached to an aromatic ring is 1. The lowest BCUT2D eigenvalue weighted by Crippen LogP contribution is -2.10. The smallest absolute Gasteiger partial charge is 0.340 e. The summed E-state index contributed by atoms with van der Waals surface area (Å²) in [6.45, 7) is 4.48. The van der Waals surface area contributed by atoms with Crippen LogP contribution in [0.15, 0.2) is 36.7 Å². The maximum atomic E-state index is 12.8. The molecule has 0 bridgehead atoms. The third-order valence-corrected chi connectivity index (χ3v) is 3.90. The second-order valence-electron chi connectivity index (χ2n) is 5.90. The van der Waals surface area contributed by atoms with Gasteiger partial charge in [0, 0.05) is 36.6 Å². The number of hydrogen-bond donors (Lipinski definition) is 1. The number of carbonyl (C=O) groups is 3. The molecule has 0 amide bonds. The summed E-state index contributed by atoms with van der Waals surface area (Å²) >= 11 is 0. The van der Waals surface area contributed by atoms with E-state index in [0.29, 0.717) is 30.8 Å². The predicted molar refractivity (Wildman–Crippen MR) is 101 cm³/mol. The Morgan fingerprint density at radius 2 is 1.59 bits per heavy atom. The third kappa shape index (κ3) is 5.44. The van der Waals surface area contributed by atoms with E-state index in [2.05, 4.69) is 0 Å². The van der Waals surface area contributed by atoms with Crippen LogP contribution in [0.3, 0.4) is 0 Å². The van der Waals surface area contributed by atoms with Crippen molar-refractivity contribution < 1.29 is 23.9 Å². The Kier molecular flexibility index (Phi) is 7.16. The van der Waals surface area contributed by atoms with Crippen molar-refractivity contribution in [3.63, 3.8) is 0 Å². The second-order valence-corrected chi connectivity index (χ2v) is 5.90. The highest BCUT2D eigenvalue weighted by molar-refractivity contribution is 6.14. The third-order valence-electron chi connectivity index (χ3n) is 3.90. The molecule has 0 fully saturated rings. The van der Waals surface area contributed by atoms with E-state index in [1.807, 2.05) is 0 Å². The van der Waals surface area contributed by atoms with Crippen LogP contribution in [-0.2, 0) is 20.8 Å². The summed E-state index contributed by atoms with van der Waals surface area (Å²) in [5.74, 6) is -1.11. The van der Waals surface area contributed by atoms with E-state index < -0.39 is 5.97 Å². The number of carbonyl (C=O) groups excluding carboxylic acids is 3. The van der Waals surface area contributed by atoms with Crippen molar-refractivity contribution in [1.82, 2.24) is 4.57 Å². The summed E-state index contributed by atoms with van der Waals surface area (Å²) in [6.07, 6.45) is 3.98. The van der Waals surface area contributed by atoms with E-state index in [-0.39, 0.29) is 35.9 Å². The Morgan fingerprint density at radius 1 is 0.963 bits per heavy atom. The van der Waals surface area contributed by atoms with Gasteiger partial charge < -0.3 is 19.8 Å². The molecule has 7 heteroatoms. The Hall–Kier alpha value is -3.09. The van der Waals surface area contributed by atoms with Gasteiger partial charge in [0.2, 0.25) is 0 Å². The number of esters is 2. The normalized spacial score (nSPS) is 10.4. The minimum Gasteiger partial charge on any atom is -0.466 e. The van der Waals surface area contributed by atoms with Crippen LogP contribution >= 0.6 is 0 Å². The number of nitrogens with two attached hydrogens (primary N) is 1. The zero-order valence-electron chi connectivity index (χ0n) is 15.6. The van der Waals surface area contributed by atoms with Crippen molar-refractivity contribution in [2.45, 2.75) is 33.2 Å². The van der Waals surface area contributed by atoms with Gasteiger partial charge >= 0.3 is 11.9 Å². The van der Waals surface area contributed by atoms with Crippen LogP contribution < -0.4 is 5.73 Å². The Morgan fingerprint density at radius 3 is 2.22 bits per heavy atom. The topological polar surface area (TPSA) is 101 Å². The molecule has 1 aromatic carbocycles. The van der Waals surface area contributed by atoms with Gasteiger partial charge in [-0.2, -0.15) is 0 Å². The fourth-order valence-corrected chi connectivity index (χ4v) is 2.62. The molecule has 0 aliphatic carbocycles. The lowest BCUT2D eigenvalue weighted by atomic mass is 10.0.